The summed E-state index contributed by atoms with van der Waals surface area (Å²) in [5.41, 5.74) is 0.294. The largest absolute Gasteiger partial charge is 0.396 e. The number of amides is 1. The smallest absolute Gasteiger partial charge is 0.273 e. The maximum atomic E-state index is 11.7. The molecule has 0 saturated heterocycles. The van der Waals surface area contributed by atoms with Crippen LogP contribution in [-0.4, -0.2) is 28.8 Å². The van der Waals surface area contributed by atoms with Crippen LogP contribution >= 0.6 is 0 Å². The van der Waals surface area contributed by atoms with E-state index in [1.165, 1.54) is 12.3 Å². The summed E-state index contributed by atoms with van der Waals surface area (Å²) in [6.07, 6.45) is 5.50. The van der Waals surface area contributed by atoms with Crippen LogP contribution in [0.4, 0.5) is 0 Å². The minimum absolute atomic E-state index is 0.0583. The zero-order valence-corrected chi connectivity index (χ0v) is 9.06. The topological polar surface area (TPSA) is 75.4 Å². The second-order valence-electron chi connectivity index (χ2n) is 4.19. The van der Waals surface area contributed by atoms with Gasteiger partial charge in [-0.05, 0) is 12.8 Å². The maximum absolute atomic E-state index is 11.7. The van der Waals surface area contributed by atoms with Crippen LogP contribution in [0.5, 0.6) is 0 Å². The van der Waals surface area contributed by atoms with E-state index in [2.05, 4.69) is 15.0 Å². The molecule has 1 aromatic rings. The zero-order chi connectivity index (χ0) is 11.4. The molecule has 5 nitrogen and oxygen atoms in total. The summed E-state index contributed by atoms with van der Waals surface area (Å²) in [6.45, 7) is 0.129. The van der Waals surface area contributed by atoms with Gasteiger partial charge < -0.3 is 14.9 Å². The number of carbonyl (C=O) groups is 1. The quantitative estimate of drug-likeness (QED) is 0.801. The van der Waals surface area contributed by atoms with Crippen molar-refractivity contribution in [1.29, 1.82) is 0 Å². The molecular formula is C11H16N2O3. The van der Waals surface area contributed by atoms with Gasteiger partial charge in [0.25, 0.3) is 5.91 Å². The van der Waals surface area contributed by atoms with Gasteiger partial charge in [0.05, 0.1) is 0 Å². The second kappa shape index (κ2) is 5.12. The van der Waals surface area contributed by atoms with Crippen LogP contribution in [0.1, 0.15) is 36.2 Å². The summed E-state index contributed by atoms with van der Waals surface area (Å²) in [7, 11) is 0. The minimum atomic E-state index is -0.223. The van der Waals surface area contributed by atoms with Crippen molar-refractivity contribution in [3.63, 3.8) is 0 Å². The lowest BCUT2D eigenvalue weighted by Crippen LogP contribution is -2.43. The van der Waals surface area contributed by atoms with Crippen molar-refractivity contribution in [3.05, 3.63) is 18.0 Å². The molecule has 0 aliphatic heterocycles. The fourth-order valence-electron chi connectivity index (χ4n) is 2.19. The Kier molecular flexibility index (Phi) is 3.56. The van der Waals surface area contributed by atoms with Gasteiger partial charge in [0, 0.05) is 24.6 Å². The summed E-state index contributed by atoms with van der Waals surface area (Å²) in [5, 5.41) is 15.7. The first kappa shape index (κ1) is 11.1. The molecule has 1 amide bonds. The van der Waals surface area contributed by atoms with Crippen LogP contribution in [0.2, 0.25) is 0 Å². The molecule has 2 N–H and O–H groups in total. The number of nitrogens with one attached hydrogen (secondary N) is 1. The number of hydrogen-bond donors (Lipinski definition) is 2. The number of aromatic nitrogens is 1. The van der Waals surface area contributed by atoms with Crippen LogP contribution in [0.25, 0.3) is 0 Å². The number of nitrogens with zero attached hydrogens (tertiary/aromatic N) is 1. The van der Waals surface area contributed by atoms with Crippen LogP contribution < -0.4 is 5.32 Å². The van der Waals surface area contributed by atoms with E-state index in [1.807, 2.05) is 0 Å². The van der Waals surface area contributed by atoms with Crippen molar-refractivity contribution < 1.29 is 14.4 Å². The molecule has 88 valence electrons. The maximum Gasteiger partial charge on any atom is 0.273 e. The normalized spacial score (nSPS) is 25.3. The van der Waals surface area contributed by atoms with Crippen molar-refractivity contribution in [3.8, 4) is 0 Å². The molecule has 0 aromatic carbocycles. The van der Waals surface area contributed by atoms with Crippen molar-refractivity contribution in [1.82, 2.24) is 10.5 Å². The summed E-state index contributed by atoms with van der Waals surface area (Å²) in [4.78, 5) is 11.7. The molecule has 1 aromatic heterocycles. The Morgan fingerprint density at radius 1 is 1.56 bits per heavy atom. The third-order valence-electron chi connectivity index (χ3n) is 3.13. The summed E-state index contributed by atoms with van der Waals surface area (Å²) in [5.74, 6) is -0.0521. The predicted molar refractivity (Wildman–Crippen MR) is 56.8 cm³/mol. The van der Waals surface area contributed by atoms with Crippen molar-refractivity contribution >= 4 is 5.91 Å². The molecule has 1 heterocycles. The van der Waals surface area contributed by atoms with Gasteiger partial charge in [0.2, 0.25) is 0 Å². The molecule has 1 aliphatic carbocycles. The van der Waals surface area contributed by atoms with E-state index < -0.39 is 0 Å². The molecule has 0 bridgehead atoms. The molecule has 0 spiro atoms. The summed E-state index contributed by atoms with van der Waals surface area (Å²) >= 11 is 0. The summed E-state index contributed by atoms with van der Waals surface area (Å²) in [6, 6.07) is 1.59. The lowest BCUT2D eigenvalue weighted by molar-refractivity contribution is 0.0863. The van der Waals surface area contributed by atoms with Gasteiger partial charge >= 0.3 is 0 Å². The molecule has 16 heavy (non-hydrogen) atoms. The number of aliphatic hydroxyl groups is 1. The van der Waals surface area contributed by atoms with Gasteiger partial charge in [0.1, 0.15) is 6.26 Å². The van der Waals surface area contributed by atoms with E-state index in [9.17, 15) is 9.90 Å². The van der Waals surface area contributed by atoms with E-state index in [-0.39, 0.29) is 24.5 Å². The first-order valence-corrected chi connectivity index (χ1v) is 5.63. The molecule has 2 atom stereocenters. The van der Waals surface area contributed by atoms with Gasteiger partial charge in [-0.2, -0.15) is 0 Å². The highest BCUT2D eigenvalue weighted by molar-refractivity contribution is 5.92. The van der Waals surface area contributed by atoms with Gasteiger partial charge in [-0.15, -0.1) is 0 Å². The third-order valence-corrected chi connectivity index (χ3v) is 3.13. The van der Waals surface area contributed by atoms with Crippen LogP contribution in [-0.2, 0) is 0 Å². The highest BCUT2D eigenvalue weighted by atomic mass is 16.5. The first-order chi connectivity index (χ1) is 7.81. The molecule has 1 fully saturated rings. The summed E-state index contributed by atoms with van der Waals surface area (Å²) < 4.78 is 4.62. The van der Waals surface area contributed by atoms with E-state index in [4.69, 9.17) is 0 Å². The highest BCUT2D eigenvalue weighted by Gasteiger charge is 2.26. The predicted octanol–water partition coefficient (Wildman–Crippen LogP) is 0.955. The zero-order valence-electron chi connectivity index (χ0n) is 9.06. The van der Waals surface area contributed by atoms with E-state index in [0.717, 1.165) is 25.7 Å². The Bertz CT molecular complexity index is 337. The van der Waals surface area contributed by atoms with Crippen LogP contribution in [0.15, 0.2) is 16.9 Å². The highest BCUT2D eigenvalue weighted by Crippen LogP contribution is 2.24. The Morgan fingerprint density at radius 2 is 2.38 bits per heavy atom. The first-order valence-electron chi connectivity index (χ1n) is 5.63. The Labute approximate surface area is 93.8 Å². The van der Waals surface area contributed by atoms with Crippen molar-refractivity contribution in [2.45, 2.75) is 31.7 Å². The lowest BCUT2D eigenvalue weighted by Gasteiger charge is -2.30. The molecule has 1 aliphatic rings. The molecular weight excluding hydrogens is 208 g/mol. The minimum Gasteiger partial charge on any atom is -0.396 e. The average molecular weight is 224 g/mol. The number of carbonyl (C=O) groups excluding carboxylic acids is 1. The van der Waals surface area contributed by atoms with Gasteiger partial charge in [-0.1, -0.05) is 18.0 Å². The number of hydrogen-bond acceptors (Lipinski definition) is 4. The molecule has 0 radical (unpaired) electrons. The molecule has 2 unspecified atom stereocenters. The molecule has 5 heteroatoms. The van der Waals surface area contributed by atoms with E-state index in [0.29, 0.717) is 5.69 Å². The molecule has 1 saturated carbocycles. The third kappa shape index (κ3) is 2.41. The SMILES string of the molecule is O=C(NC1CCCCC1CO)c1ccon1. The fraction of sp³-hybridized carbons (Fsp3) is 0.636. The van der Waals surface area contributed by atoms with Crippen LogP contribution in [0.3, 0.4) is 0 Å². The van der Waals surface area contributed by atoms with Crippen molar-refractivity contribution in [2.75, 3.05) is 6.61 Å². The standard InChI is InChI=1S/C11H16N2O3/c14-7-8-3-1-2-4-9(8)12-11(15)10-5-6-16-13-10/h5-6,8-9,14H,1-4,7H2,(H,12,15). The Balaban J connectivity index is 1.95. The second-order valence-corrected chi connectivity index (χ2v) is 4.19. The van der Waals surface area contributed by atoms with Gasteiger partial charge in [-0.3, -0.25) is 4.79 Å². The van der Waals surface area contributed by atoms with Gasteiger partial charge in [-0.25, -0.2) is 0 Å². The Hall–Kier alpha value is -1.36. The lowest BCUT2D eigenvalue weighted by atomic mass is 9.85. The van der Waals surface area contributed by atoms with Gasteiger partial charge in [0.15, 0.2) is 5.69 Å². The van der Waals surface area contributed by atoms with E-state index in [1.54, 1.807) is 0 Å². The average Bonchev–Trinajstić information content (AvgIpc) is 2.83. The van der Waals surface area contributed by atoms with Crippen molar-refractivity contribution in [2.24, 2.45) is 5.92 Å². The number of rotatable bonds is 3. The molecule has 2 rings (SSSR count). The Morgan fingerprint density at radius 3 is 3.06 bits per heavy atom. The monoisotopic (exact) mass is 224 g/mol. The van der Waals surface area contributed by atoms with Crippen LogP contribution in [0, 0.1) is 5.92 Å². The fourth-order valence-corrected chi connectivity index (χ4v) is 2.19. The number of aliphatic hydroxyl groups excluding tert-OH is 1. The van der Waals surface area contributed by atoms with E-state index >= 15 is 0 Å².